The molecule has 0 amide bonds. The van der Waals surface area contributed by atoms with Crippen LogP contribution in [0, 0.1) is 0 Å². The first-order valence-corrected chi connectivity index (χ1v) is 7.06. The van der Waals surface area contributed by atoms with E-state index in [0.29, 0.717) is 12.3 Å². The lowest BCUT2D eigenvalue weighted by Crippen LogP contribution is -1.97. The number of hydrogen-bond acceptors (Lipinski definition) is 4. The zero-order valence-electron chi connectivity index (χ0n) is 10.9. The minimum absolute atomic E-state index is 0.693. The van der Waals surface area contributed by atoms with Crippen LogP contribution in [0.1, 0.15) is 13.3 Å². The van der Waals surface area contributed by atoms with Crippen LogP contribution in [0.5, 0.6) is 5.75 Å². The highest BCUT2D eigenvalue weighted by Gasteiger charge is 2.06. The lowest BCUT2D eigenvalue weighted by atomic mass is 10.3. The van der Waals surface area contributed by atoms with Crippen molar-refractivity contribution in [2.45, 2.75) is 23.1 Å². The van der Waals surface area contributed by atoms with Gasteiger partial charge < -0.3 is 16.2 Å². The van der Waals surface area contributed by atoms with Gasteiger partial charge in [0.25, 0.3) is 0 Å². The van der Waals surface area contributed by atoms with Gasteiger partial charge in [0.15, 0.2) is 0 Å². The summed E-state index contributed by atoms with van der Waals surface area (Å²) in [7, 11) is 0. The van der Waals surface area contributed by atoms with E-state index >= 15 is 0 Å². The summed E-state index contributed by atoms with van der Waals surface area (Å²) in [4.78, 5) is 2.19. The monoisotopic (exact) mass is 274 g/mol. The lowest BCUT2D eigenvalue weighted by molar-refractivity contribution is 0.310. The van der Waals surface area contributed by atoms with Crippen LogP contribution in [0.15, 0.2) is 52.3 Å². The summed E-state index contributed by atoms with van der Waals surface area (Å²) < 4.78 is 5.74. The Morgan fingerprint density at radius 2 is 1.68 bits per heavy atom. The number of rotatable bonds is 5. The summed E-state index contributed by atoms with van der Waals surface area (Å²) in [5, 5.41) is 0. The van der Waals surface area contributed by atoms with Gasteiger partial charge in [-0.2, -0.15) is 0 Å². The molecule has 0 saturated carbocycles. The molecule has 0 fully saturated rings. The summed E-state index contributed by atoms with van der Waals surface area (Å²) in [6.07, 6.45) is 0.973. The van der Waals surface area contributed by atoms with E-state index in [9.17, 15) is 0 Å². The third kappa shape index (κ3) is 3.83. The maximum Gasteiger partial charge on any atom is 0.135 e. The molecular formula is C15H18N2OS. The zero-order valence-corrected chi connectivity index (χ0v) is 11.7. The van der Waals surface area contributed by atoms with Crippen LogP contribution < -0.4 is 16.2 Å². The standard InChI is InChI=1S/C15H18N2OS/c1-2-9-18-14-10-12(17)5-8-15(14)19-13-6-3-11(16)4-7-13/h3-8,10H,2,9,16-17H2,1H3. The molecule has 19 heavy (non-hydrogen) atoms. The van der Waals surface area contributed by atoms with Gasteiger partial charge in [0.2, 0.25) is 0 Å². The van der Waals surface area contributed by atoms with Crippen molar-refractivity contribution in [2.24, 2.45) is 0 Å². The van der Waals surface area contributed by atoms with E-state index in [4.69, 9.17) is 16.2 Å². The van der Waals surface area contributed by atoms with E-state index in [1.165, 1.54) is 0 Å². The van der Waals surface area contributed by atoms with Gasteiger partial charge in [-0.1, -0.05) is 18.7 Å². The summed E-state index contributed by atoms with van der Waals surface area (Å²) in [5.74, 6) is 0.837. The van der Waals surface area contributed by atoms with Gasteiger partial charge >= 0.3 is 0 Å². The Hall–Kier alpha value is -1.81. The van der Waals surface area contributed by atoms with Gasteiger partial charge in [-0.05, 0) is 42.8 Å². The summed E-state index contributed by atoms with van der Waals surface area (Å²) in [6, 6.07) is 13.5. The predicted octanol–water partition coefficient (Wildman–Crippen LogP) is 3.79. The van der Waals surface area contributed by atoms with Crippen LogP contribution >= 0.6 is 11.8 Å². The van der Waals surface area contributed by atoms with Gasteiger partial charge in [0, 0.05) is 22.3 Å². The molecule has 0 aliphatic rings. The molecule has 100 valence electrons. The van der Waals surface area contributed by atoms with Crippen molar-refractivity contribution in [3.8, 4) is 5.75 Å². The lowest BCUT2D eigenvalue weighted by Gasteiger charge is -2.11. The molecule has 3 nitrogen and oxygen atoms in total. The fourth-order valence-electron chi connectivity index (χ4n) is 1.60. The topological polar surface area (TPSA) is 61.3 Å². The average Bonchev–Trinajstić information content (AvgIpc) is 2.41. The third-order valence-corrected chi connectivity index (χ3v) is 3.60. The Labute approximate surface area is 117 Å². The molecule has 2 aromatic rings. The molecule has 0 heterocycles. The highest BCUT2D eigenvalue weighted by molar-refractivity contribution is 7.99. The van der Waals surface area contributed by atoms with E-state index in [1.807, 2.05) is 42.5 Å². The molecule has 0 saturated heterocycles. The van der Waals surface area contributed by atoms with Gasteiger partial charge in [-0.15, -0.1) is 0 Å². The van der Waals surface area contributed by atoms with Crippen LogP contribution in [0.25, 0.3) is 0 Å². The quantitative estimate of drug-likeness (QED) is 0.814. The zero-order chi connectivity index (χ0) is 13.7. The Morgan fingerprint density at radius 1 is 1.00 bits per heavy atom. The van der Waals surface area contributed by atoms with Gasteiger partial charge in [0.05, 0.1) is 11.5 Å². The fraction of sp³-hybridized carbons (Fsp3) is 0.200. The first-order chi connectivity index (χ1) is 9.19. The van der Waals surface area contributed by atoms with Crippen LogP contribution in [0.4, 0.5) is 11.4 Å². The summed E-state index contributed by atoms with van der Waals surface area (Å²) in [6.45, 7) is 2.78. The SMILES string of the molecule is CCCOc1cc(N)ccc1Sc1ccc(N)cc1. The van der Waals surface area contributed by atoms with E-state index in [-0.39, 0.29) is 0 Å². The first kappa shape index (κ1) is 13.6. The Balaban J connectivity index is 2.20. The van der Waals surface area contributed by atoms with E-state index < -0.39 is 0 Å². The van der Waals surface area contributed by atoms with Crippen molar-refractivity contribution in [1.29, 1.82) is 0 Å². The number of nitrogen functional groups attached to an aromatic ring is 2. The number of ether oxygens (including phenoxy) is 1. The molecule has 0 unspecified atom stereocenters. The second-order valence-electron chi connectivity index (χ2n) is 4.23. The second kappa shape index (κ2) is 6.38. The molecule has 0 aromatic heterocycles. The van der Waals surface area contributed by atoms with Crippen molar-refractivity contribution in [3.05, 3.63) is 42.5 Å². The fourth-order valence-corrected chi connectivity index (χ4v) is 2.48. The minimum atomic E-state index is 0.693. The number of anilines is 2. The highest BCUT2D eigenvalue weighted by atomic mass is 32.2. The molecule has 0 aliphatic heterocycles. The number of benzene rings is 2. The maximum absolute atomic E-state index is 5.81. The molecule has 0 bridgehead atoms. The molecule has 0 aliphatic carbocycles. The van der Waals surface area contributed by atoms with Gasteiger partial charge in [0.1, 0.15) is 5.75 Å². The summed E-state index contributed by atoms with van der Waals surface area (Å²) >= 11 is 1.65. The van der Waals surface area contributed by atoms with Crippen molar-refractivity contribution in [3.63, 3.8) is 0 Å². The Kier molecular flexibility index (Phi) is 4.58. The van der Waals surface area contributed by atoms with Crippen LogP contribution in [0.2, 0.25) is 0 Å². The second-order valence-corrected chi connectivity index (χ2v) is 5.34. The van der Waals surface area contributed by atoms with Gasteiger partial charge in [-0.3, -0.25) is 0 Å². The average molecular weight is 274 g/mol. The molecule has 4 N–H and O–H groups in total. The molecule has 0 radical (unpaired) electrons. The van der Waals surface area contributed by atoms with Crippen molar-refractivity contribution >= 4 is 23.1 Å². The number of hydrogen-bond donors (Lipinski definition) is 2. The predicted molar refractivity (Wildman–Crippen MR) is 81.6 cm³/mol. The Morgan fingerprint density at radius 3 is 2.37 bits per heavy atom. The third-order valence-electron chi connectivity index (χ3n) is 2.54. The van der Waals surface area contributed by atoms with Crippen molar-refractivity contribution in [2.75, 3.05) is 18.1 Å². The molecule has 0 spiro atoms. The normalized spacial score (nSPS) is 10.4. The van der Waals surface area contributed by atoms with E-state index in [1.54, 1.807) is 11.8 Å². The molecular weight excluding hydrogens is 256 g/mol. The summed E-state index contributed by atoms with van der Waals surface area (Å²) in [5.41, 5.74) is 13.0. The Bertz CT molecular complexity index is 540. The largest absolute Gasteiger partial charge is 0.492 e. The minimum Gasteiger partial charge on any atom is -0.492 e. The first-order valence-electron chi connectivity index (χ1n) is 6.24. The van der Waals surface area contributed by atoms with E-state index in [0.717, 1.165) is 27.6 Å². The highest BCUT2D eigenvalue weighted by Crippen LogP contribution is 2.36. The molecule has 2 rings (SSSR count). The van der Waals surface area contributed by atoms with Crippen molar-refractivity contribution in [1.82, 2.24) is 0 Å². The van der Waals surface area contributed by atoms with E-state index in [2.05, 4.69) is 6.92 Å². The van der Waals surface area contributed by atoms with Crippen molar-refractivity contribution < 1.29 is 4.74 Å². The van der Waals surface area contributed by atoms with Crippen LogP contribution in [0.3, 0.4) is 0 Å². The molecule has 4 heteroatoms. The number of nitrogens with two attached hydrogens (primary N) is 2. The maximum atomic E-state index is 5.81. The molecule has 2 aromatic carbocycles. The van der Waals surface area contributed by atoms with Gasteiger partial charge in [-0.25, -0.2) is 0 Å². The van der Waals surface area contributed by atoms with Crippen LogP contribution in [-0.4, -0.2) is 6.61 Å². The smallest absolute Gasteiger partial charge is 0.135 e. The molecule has 0 atom stereocenters. The van der Waals surface area contributed by atoms with Crippen LogP contribution in [-0.2, 0) is 0 Å².